The van der Waals surface area contributed by atoms with Gasteiger partial charge < -0.3 is 9.80 Å². The van der Waals surface area contributed by atoms with Gasteiger partial charge in [0.15, 0.2) is 0 Å². The molecule has 18 heavy (non-hydrogen) atoms. The SMILES string of the molecule is O=CN1CCN(c2ccc3ncccc3c2)CC1. The third-order valence-corrected chi connectivity index (χ3v) is 3.42. The topological polar surface area (TPSA) is 36.4 Å². The van der Waals surface area contributed by atoms with E-state index in [4.69, 9.17) is 0 Å². The van der Waals surface area contributed by atoms with Crippen molar-refractivity contribution < 1.29 is 4.79 Å². The number of benzene rings is 1. The molecule has 1 aliphatic heterocycles. The molecule has 3 rings (SSSR count). The van der Waals surface area contributed by atoms with E-state index in [2.05, 4.69) is 34.1 Å². The number of anilines is 1. The highest BCUT2D eigenvalue weighted by Crippen LogP contribution is 2.21. The monoisotopic (exact) mass is 241 g/mol. The number of fused-ring (bicyclic) bond motifs is 1. The first kappa shape index (κ1) is 11.0. The minimum absolute atomic E-state index is 0.800. The van der Waals surface area contributed by atoms with Crippen molar-refractivity contribution in [2.45, 2.75) is 0 Å². The van der Waals surface area contributed by atoms with Crippen LogP contribution in [0.15, 0.2) is 36.5 Å². The van der Waals surface area contributed by atoms with Crippen molar-refractivity contribution in [1.82, 2.24) is 9.88 Å². The van der Waals surface area contributed by atoms with Crippen LogP contribution >= 0.6 is 0 Å². The molecule has 4 nitrogen and oxygen atoms in total. The van der Waals surface area contributed by atoms with E-state index in [0.29, 0.717) is 0 Å². The lowest BCUT2D eigenvalue weighted by molar-refractivity contribution is -0.118. The summed E-state index contributed by atoms with van der Waals surface area (Å²) < 4.78 is 0. The molecule has 1 aromatic heterocycles. The largest absolute Gasteiger partial charge is 0.368 e. The van der Waals surface area contributed by atoms with E-state index in [9.17, 15) is 4.79 Å². The summed E-state index contributed by atoms with van der Waals surface area (Å²) in [4.78, 5) is 19.1. The van der Waals surface area contributed by atoms with Crippen LogP contribution < -0.4 is 4.90 Å². The number of pyridine rings is 1. The van der Waals surface area contributed by atoms with Crippen LogP contribution in [0.5, 0.6) is 0 Å². The summed E-state index contributed by atoms with van der Waals surface area (Å²) in [5, 5.41) is 1.16. The summed E-state index contributed by atoms with van der Waals surface area (Å²) in [7, 11) is 0. The van der Waals surface area contributed by atoms with Crippen LogP contribution in [0.3, 0.4) is 0 Å². The minimum atomic E-state index is 0.800. The van der Waals surface area contributed by atoms with Gasteiger partial charge in [0.25, 0.3) is 0 Å². The molecular weight excluding hydrogens is 226 g/mol. The van der Waals surface area contributed by atoms with Crippen LogP contribution in [-0.2, 0) is 4.79 Å². The highest BCUT2D eigenvalue weighted by Gasteiger charge is 2.15. The lowest BCUT2D eigenvalue weighted by atomic mass is 10.1. The van der Waals surface area contributed by atoms with Gasteiger partial charge in [-0.3, -0.25) is 9.78 Å². The fourth-order valence-electron chi connectivity index (χ4n) is 2.35. The van der Waals surface area contributed by atoms with Gasteiger partial charge in [-0.15, -0.1) is 0 Å². The Morgan fingerprint density at radius 2 is 1.94 bits per heavy atom. The van der Waals surface area contributed by atoms with Gasteiger partial charge in [-0.2, -0.15) is 0 Å². The van der Waals surface area contributed by atoms with Gasteiger partial charge in [0.2, 0.25) is 6.41 Å². The predicted molar refractivity (Wildman–Crippen MR) is 71.6 cm³/mol. The van der Waals surface area contributed by atoms with E-state index >= 15 is 0 Å². The Morgan fingerprint density at radius 1 is 1.11 bits per heavy atom. The van der Waals surface area contributed by atoms with Gasteiger partial charge in [-0.1, -0.05) is 6.07 Å². The van der Waals surface area contributed by atoms with Crippen molar-refractivity contribution >= 4 is 23.0 Å². The van der Waals surface area contributed by atoms with Gasteiger partial charge in [0.05, 0.1) is 5.52 Å². The Labute approximate surface area is 106 Å². The molecule has 1 aliphatic rings. The molecule has 1 saturated heterocycles. The number of aromatic nitrogens is 1. The molecule has 1 fully saturated rings. The molecule has 0 atom stereocenters. The zero-order valence-electron chi connectivity index (χ0n) is 10.1. The third-order valence-electron chi connectivity index (χ3n) is 3.42. The molecule has 2 heterocycles. The van der Waals surface area contributed by atoms with Crippen LogP contribution in [-0.4, -0.2) is 42.5 Å². The molecule has 0 spiro atoms. The number of carbonyl (C=O) groups excluding carboxylic acids is 1. The fourth-order valence-corrected chi connectivity index (χ4v) is 2.35. The second kappa shape index (κ2) is 4.64. The number of nitrogens with zero attached hydrogens (tertiary/aromatic N) is 3. The zero-order valence-corrected chi connectivity index (χ0v) is 10.1. The standard InChI is InChI=1S/C14H15N3O/c18-11-16-6-8-17(9-7-16)13-3-4-14-12(10-13)2-1-5-15-14/h1-5,10-11H,6-9H2. The second-order valence-electron chi connectivity index (χ2n) is 4.51. The van der Waals surface area contributed by atoms with E-state index in [-0.39, 0.29) is 0 Å². The Kier molecular flexibility index (Phi) is 2.84. The normalized spacial score (nSPS) is 16.0. The lowest BCUT2D eigenvalue weighted by Gasteiger charge is -2.34. The molecule has 92 valence electrons. The van der Waals surface area contributed by atoms with Crippen molar-refractivity contribution in [1.29, 1.82) is 0 Å². The second-order valence-corrected chi connectivity index (χ2v) is 4.51. The minimum Gasteiger partial charge on any atom is -0.368 e. The average Bonchev–Trinajstić information content (AvgIpc) is 2.47. The Morgan fingerprint density at radius 3 is 2.72 bits per heavy atom. The molecular formula is C14H15N3O. The van der Waals surface area contributed by atoms with Crippen molar-refractivity contribution in [3.8, 4) is 0 Å². The maximum atomic E-state index is 10.7. The first-order chi connectivity index (χ1) is 8.86. The molecule has 2 aromatic rings. The first-order valence-electron chi connectivity index (χ1n) is 6.16. The molecule has 0 radical (unpaired) electrons. The van der Waals surface area contributed by atoms with Gasteiger partial charge in [-0.05, 0) is 24.3 Å². The molecule has 1 amide bonds. The molecule has 0 N–H and O–H groups in total. The molecule has 0 saturated carbocycles. The van der Waals surface area contributed by atoms with Crippen molar-refractivity contribution in [2.24, 2.45) is 0 Å². The van der Waals surface area contributed by atoms with Crippen LogP contribution in [0.25, 0.3) is 10.9 Å². The van der Waals surface area contributed by atoms with E-state index in [1.807, 2.05) is 17.2 Å². The summed E-state index contributed by atoms with van der Waals surface area (Å²) in [6.07, 6.45) is 2.74. The Hall–Kier alpha value is -2.10. The fraction of sp³-hybridized carbons (Fsp3) is 0.286. The molecule has 0 bridgehead atoms. The van der Waals surface area contributed by atoms with Crippen molar-refractivity contribution in [2.75, 3.05) is 31.1 Å². The summed E-state index contributed by atoms with van der Waals surface area (Å²) in [6, 6.07) is 10.4. The maximum Gasteiger partial charge on any atom is 0.209 e. The van der Waals surface area contributed by atoms with Crippen LogP contribution in [0.4, 0.5) is 5.69 Å². The smallest absolute Gasteiger partial charge is 0.209 e. The van der Waals surface area contributed by atoms with Crippen LogP contribution in [0.1, 0.15) is 0 Å². The molecule has 1 aromatic carbocycles. The summed E-state index contributed by atoms with van der Waals surface area (Å²) in [5.74, 6) is 0. The van der Waals surface area contributed by atoms with E-state index in [0.717, 1.165) is 43.5 Å². The molecule has 0 unspecified atom stereocenters. The van der Waals surface area contributed by atoms with E-state index in [1.165, 1.54) is 5.69 Å². The first-order valence-corrected chi connectivity index (χ1v) is 6.16. The zero-order chi connectivity index (χ0) is 12.4. The average molecular weight is 241 g/mol. The highest BCUT2D eigenvalue weighted by atomic mass is 16.1. The number of rotatable bonds is 2. The lowest BCUT2D eigenvalue weighted by Crippen LogP contribution is -2.45. The summed E-state index contributed by atoms with van der Waals surface area (Å²) in [5.41, 5.74) is 2.23. The van der Waals surface area contributed by atoms with Crippen molar-refractivity contribution in [3.05, 3.63) is 36.5 Å². The summed E-state index contributed by atoms with van der Waals surface area (Å²) >= 11 is 0. The quantitative estimate of drug-likeness (QED) is 0.748. The van der Waals surface area contributed by atoms with Crippen LogP contribution in [0.2, 0.25) is 0 Å². The predicted octanol–water partition coefficient (Wildman–Crippen LogP) is 1.51. The molecule has 4 heteroatoms. The van der Waals surface area contributed by atoms with Gasteiger partial charge in [0, 0.05) is 43.4 Å². The van der Waals surface area contributed by atoms with Gasteiger partial charge in [0.1, 0.15) is 0 Å². The Balaban J connectivity index is 1.84. The van der Waals surface area contributed by atoms with E-state index < -0.39 is 0 Å². The number of hydrogen-bond acceptors (Lipinski definition) is 3. The van der Waals surface area contributed by atoms with Crippen molar-refractivity contribution in [3.63, 3.8) is 0 Å². The number of carbonyl (C=O) groups is 1. The summed E-state index contributed by atoms with van der Waals surface area (Å²) in [6.45, 7) is 3.39. The number of amides is 1. The third kappa shape index (κ3) is 2.01. The van der Waals surface area contributed by atoms with Gasteiger partial charge in [-0.25, -0.2) is 0 Å². The highest BCUT2D eigenvalue weighted by molar-refractivity contribution is 5.82. The van der Waals surface area contributed by atoms with E-state index in [1.54, 1.807) is 0 Å². The molecule has 0 aliphatic carbocycles. The van der Waals surface area contributed by atoms with Gasteiger partial charge >= 0.3 is 0 Å². The number of hydrogen-bond donors (Lipinski definition) is 0. The number of piperazine rings is 1. The Bertz CT molecular complexity index is 562. The maximum absolute atomic E-state index is 10.7. The van der Waals surface area contributed by atoms with Crippen LogP contribution in [0, 0.1) is 0 Å².